The maximum Gasteiger partial charge on any atom is 0.407 e. The van der Waals surface area contributed by atoms with Crippen molar-refractivity contribution >= 4 is 12.1 Å². The quantitative estimate of drug-likeness (QED) is 0.780. The van der Waals surface area contributed by atoms with Gasteiger partial charge >= 0.3 is 12.1 Å². The first-order chi connectivity index (χ1) is 11.4. The van der Waals surface area contributed by atoms with E-state index in [1.54, 1.807) is 0 Å². The van der Waals surface area contributed by atoms with Crippen LogP contribution in [0.3, 0.4) is 0 Å². The molecule has 0 saturated carbocycles. The molecule has 140 valence electrons. The third kappa shape index (κ3) is 10.4. The fourth-order valence-electron chi connectivity index (χ4n) is 2.28. The van der Waals surface area contributed by atoms with Gasteiger partial charge in [-0.25, -0.2) is 4.79 Å². The topological polar surface area (TPSA) is 64.6 Å². The van der Waals surface area contributed by atoms with Crippen LogP contribution in [0, 0.1) is 0 Å². The number of esters is 1. The molecule has 1 aromatic carbocycles. The maximum atomic E-state index is 12.1. The van der Waals surface area contributed by atoms with Gasteiger partial charge in [-0.1, -0.05) is 30.3 Å². The molecule has 1 N–H and O–H groups in total. The van der Waals surface area contributed by atoms with Crippen LogP contribution in [-0.4, -0.2) is 29.3 Å². The van der Waals surface area contributed by atoms with Crippen LogP contribution >= 0.6 is 0 Å². The average molecular weight is 349 g/mol. The zero-order valence-corrected chi connectivity index (χ0v) is 16.2. The monoisotopic (exact) mass is 349 g/mol. The third-order valence-electron chi connectivity index (χ3n) is 3.16. The van der Waals surface area contributed by atoms with Crippen molar-refractivity contribution in [1.29, 1.82) is 0 Å². The number of hydrogen-bond donors (Lipinski definition) is 1. The molecule has 0 fully saturated rings. The fourth-order valence-corrected chi connectivity index (χ4v) is 2.28. The summed E-state index contributed by atoms with van der Waals surface area (Å²) in [7, 11) is 0. The van der Waals surface area contributed by atoms with Crippen molar-refractivity contribution in [2.75, 3.05) is 0 Å². The number of nitrogens with one attached hydrogen (secondary N) is 1. The first-order valence-electron chi connectivity index (χ1n) is 8.70. The first-order valence-corrected chi connectivity index (χ1v) is 8.70. The second kappa shape index (κ2) is 8.88. The number of carbonyl (C=O) groups excluding carboxylic acids is 2. The van der Waals surface area contributed by atoms with Crippen LogP contribution in [-0.2, 0) is 20.7 Å². The Morgan fingerprint density at radius 3 is 2.04 bits per heavy atom. The third-order valence-corrected chi connectivity index (χ3v) is 3.16. The molecule has 1 amide bonds. The van der Waals surface area contributed by atoms with E-state index in [-0.39, 0.29) is 18.4 Å². The molecule has 0 bridgehead atoms. The molecule has 0 aromatic heterocycles. The fraction of sp³-hybridized carbons (Fsp3) is 0.600. The molecule has 0 radical (unpaired) electrons. The zero-order valence-electron chi connectivity index (χ0n) is 16.2. The van der Waals surface area contributed by atoms with Crippen LogP contribution < -0.4 is 5.32 Å². The van der Waals surface area contributed by atoms with Crippen molar-refractivity contribution in [2.24, 2.45) is 0 Å². The number of hydrogen-bond acceptors (Lipinski definition) is 4. The predicted molar refractivity (Wildman–Crippen MR) is 98.4 cm³/mol. The van der Waals surface area contributed by atoms with E-state index < -0.39 is 17.3 Å². The number of rotatable bonds is 6. The van der Waals surface area contributed by atoms with Gasteiger partial charge in [0, 0.05) is 12.5 Å². The molecule has 0 spiro atoms. The van der Waals surface area contributed by atoms with E-state index >= 15 is 0 Å². The summed E-state index contributed by atoms with van der Waals surface area (Å²) in [5.74, 6) is -0.267. The van der Waals surface area contributed by atoms with E-state index in [0.29, 0.717) is 12.8 Å². The summed E-state index contributed by atoms with van der Waals surface area (Å²) < 4.78 is 10.7. The van der Waals surface area contributed by atoms with E-state index in [1.807, 2.05) is 71.9 Å². The van der Waals surface area contributed by atoms with Gasteiger partial charge in [0.05, 0.1) is 0 Å². The molecule has 1 rings (SSSR count). The van der Waals surface area contributed by atoms with Crippen LogP contribution in [0.2, 0.25) is 0 Å². The molecule has 0 heterocycles. The molecule has 1 atom stereocenters. The Morgan fingerprint density at radius 1 is 0.960 bits per heavy atom. The standard InChI is InChI=1S/C20H31NO4/c1-19(2,3)24-17(22)13-12-16(14-15-10-8-7-9-11-15)21-18(23)25-20(4,5)6/h7-11,16H,12-14H2,1-6H3,(H,21,23)/t16-/m1/s1. The number of amides is 1. The highest BCUT2D eigenvalue weighted by Crippen LogP contribution is 2.14. The Hall–Kier alpha value is -2.04. The van der Waals surface area contributed by atoms with Crippen LogP contribution in [0.25, 0.3) is 0 Å². The summed E-state index contributed by atoms with van der Waals surface area (Å²) >= 11 is 0. The van der Waals surface area contributed by atoms with Crippen molar-refractivity contribution in [2.45, 2.75) is 78.0 Å². The van der Waals surface area contributed by atoms with Crippen molar-refractivity contribution < 1.29 is 19.1 Å². The molecular formula is C20H31NO4. The normalized spacial score (nSPS) is 13.0. The minimum absolute atomic E-state index is 0.204. The Labute approximate surface area is 151 Å². The van der Waals surface area contributed by atoms with E-state index in [0.717, 1.165) is 5.56 Å². The van der Waals surface area contributed by atoms with Crippen molar-refractivity contribution in [3.63, 3.8) is 0 Å². The number of ether oxygens (including phenoxy) is 2. The molecule has 0 aliphatic rings. The smallest absolute Gasteiger partial charge is 0.407 e. The second-order valence-electron chi connectivity index (χ2n) is 8.16. The van der Waals surface area contributed by atoms with Gasteiger partial charge in [-0.2, -0.15) is 0 Å². The number of alkyl carbamates (subject to hydrolysis) is 1. The molecule has 0 aliphatic heterocycles. The molecule has 0 aliphatic carbocycles. The first kappa shape index (κ1) is 21.0. The van der Waals surface area contributed by atoms with Crippen molar-refractivity contribution in [3.8, 4) is 0 Å². The van der Waals surface area contributed by atoms with Crippen LogP contribution in [0.5, 0.6) is 0 Å². The lowest BCUT2D eigenvalue weighted by Crippen LogP contribution is -2.40. The number of benzene rings is 1. The summed E-state index contributed by atoms with van der Waals surface area (Å²) in [5.41, 5.74) is 0.0182. The largest absolute Gasteiger partial charge is 0.460 e. The lowest BCUT2D eigenvalue weighted by Gasteiger charge is -2.24. The molecule has 0 unspecified atom stereocenters. The van der Waals surface area contributed by atoms with Gasteiger partial charge in [0.1, 0.15) is 11.2 Å². The molecule has 5 heteroatoms. The lowest BCUT2D eigenvalue weighted by atomic mass is 10.0. The summed E-state index contributed by atoms with van der Waals surface area (Å²) in [6.07, 6.45) is 0.883. The van der Waals surface area contributed by atoms with E-state index in [2.05, 4.69) is 5.32 Å². The highest BCUT2D eigenvalue weighted by atomic mass is 16.6. The van der Waals surface area contributed by atoms with Crippen LogP contribution in [0.1, 0.15) is 59.9 Å². The van der Waals surface area contributed by atoms with Gasteiger partial charge < -0.3 is 14.8 Å². The Bertz CT molecular complexity index is 555. The van der Waals surface area contributed by atoms with Gasteiger partial charge in [-0.3, -0.25) is 4.79 Å². The SMILES string of the molecule is CC(C)(C)OC(=O)CC[C@H](Cc1ccccc1)NC(=O)OC(C)(C)C. The van der Waals surface area contributed by atoms with Crippen molar-refractivity contribution in [1.82, 2.24) is 5.32 Å². The number of carbonyl (C=O) groups is 2. The maximum absolute atomic E-state index is 12.1. The van der Waals surface area contributed by atoms with Gasteiger partial charge in [0.2, 0.25) is 0 Å². The highest BCUT2D eigenvalue weighted by Gasteiger charge is 2.22. The van der Waals surface area contributed by atoms with E-state index in [1.165, 1.54) is 0 Å². The molecule has 0 saturated heterocycles. The summed E-state index contributed by atoms with van der Waals surface area (Å²) in [6, 6.07) is 9.64. The van der Waals surface area contributed by atoms with Crippen LogP contribution in [0.4, 0.5) is 4.79 Å². The Kier molecular flexibility index (Phi) is 7.46. The molecule has 1 aromatic rings. The average Bonchev–Trinajstić information content (AvgIpc) is 2.42. The molecule has 25 heavy (non-hydrogen) atoms. The van der Waals surface area contributed by atoms with E-state index in [4.69, 9.17) is 9.47 Å². The molecular weight excluding hydrogens is 318 g/mol. The predicted octanol–water partition coefficient (Wildman–Crippen LogP) is 4.24. The van der Waals surface area contributed by atoms with Crippen molar-refractivity contribution in [3.05, 3.63) is 35.9 Å². The summed E-state index contributed by atoms with van der Waals surface area (Å²) in [5, 5.41) is 2.87. The Balaban J connectivity index is 2.67. The van der Waals surface area contributed by atoms with E-state index in [9.17, 15) is 9.59 Å². The minimum Gasteiger partial charge on any atom is -0.460 e. The van der Waals surface area contributed by atoms with Gasteiger partial charge in [0.15, 0.2) is 0 Å². The highest BCUT2D eigenvalue weighted by molar-refractivity contribution is 5.70. The summed E-state index contributed by atoms with van der Waals surface area (Å²) in [6.45, 7) is 11.0. The Morgan fingerprint density at radius 2 is 1.52 bits per heavy atom. The summed E-state index contributed by atoms with van der Waals surface area (Å²) in [4.78, 5) is 24.0. The van der Waals surface area contributed by atoms with Gasteiger partial charge in [0.25, 0.3) is 0 Å². The van der Waals surface area contributed by atoms with Gasteiger partial charge in [-0.05, 0) is 59.9 Å². The molecule has 5 nitrogen and oxygen atoms in total. The second-order valence-corrected chi connectivity index (χ2v) is 8.16. The van der Waals surface area contributed by atoms with Gasteiger partial charge in [-0.15, -0.1) is 0 Å². The zero-order chi connectivity index (χ0) is 19.1. The van der Waals surface area contributed by atoms with Crippen LogP contribution in [0.15, 0.2) is 30.3 Å². The lowest BCUT2D eigenvalue weighted by molar-refractivity contribution is -0.155. The minimum atomic E-state index is -0.563.